The van der Waals surface area contributed by atoms with Crippen LogP contribution in [0.4, 0.5) is 11.4 Å². The number of ether oxygens (including phenoxy) is 1. The Bertz CT molecular complexity index is 985. The van der Waals surface area contributed by atoms with E-state index in [0.29, 0.717) is 5.69 Å². The van der Waals surface area contributed by atoms with Crippen molar-refractivity contribution in [1.82, 2.24) is 4.98 Å². The Balaban J connectivity index is 1.39. The number of aromatic nitrogens is 1. The highest BCUT2D eigenvalue weighted by Crippen LogP contribution is 2.28. The molecule has 0 saturated heterocycles. The van der Waals surface area contributed by atoms with Crippen LogP contribution >= 0.6 is 0 Å². The fraction of sp³-hybridized carbons (Fsp3) is 0.250. The quantitative estimate of drug-likeness (QED) is 0.684. The molecule has 29 heavy (non-hydrogen) atoms. The molecule has 1 N–H and O–H groups in total. The van der Waals surface area contributed by atoms with Gasteiger partial charge >= 0.3 is 0 Å². The van der Waals surface area contributed by atoms with Crippen LogP contribution in [0.1, 0.15) is 28.0 Å². The molecule has 0 spiro atoms. The van der Waals surface area contributed by atoms with Crippen LogP contribution < -0.4 is 15.0 Å². The zero-order valence-corrected chi connectivity index (χ0v) is 16.6. The molecule has 3 aromatic rings. The van der Waals surface area contributed by atoms with Crippen LogP contribution in [0.2, 0.25) is 0 Å². The van der Waals surface area contributed by atoms with E-state index in [1.165, 1.54) is 5.56 Å². The first-order chi connectivity index (χ1) is 14.3. The fourth-order valence-electron chi connectivity index (χ4n) is 3.76. The Morgan fingerprint density at radius 3 is 2.76 bits per heavy atom. The van der Waals surface area contributed by atoms with Gasteiger partial charge in [-0.05, 0) is 54.7 Å². The summed E-state index contributed by atoms with van der Waals surface area (Å²) in [6.45, 7) is 1.49. The molecule has 0 bridgehead atoms. The van der Waals surface area contributed by atoms with Gasteiger partial charge in [0.05, 0.1) is 19.0 Å². The van der Waals surface area contributed by atoms with Crippen molar-refractivity contribution < 1.29 is 9.53 Å². The van der Waals surface area contributed by atoms with Gasteiger partial charge in [-0.2, -0.15) is 0 Å². The number of methoxy groups -OCH3 is 1. The minimum absolute atomic E-state index is 0.0438. The minimum Gasteiger partial charge on any atom is -0.496 e. The molecule has 0 saturated carbocycles. The van der Waals surface area contributed by atoms with Crippen molar-refractivity contribution >= 4 is 17.3 Å². The summed E-state index contributed by atoms with van der Waals surface area (Å²) in [7, 11) is 1.69. The van der Waals surface area contributed by atoms with Gasteiger partial charge in [0.15, 0.2) is 0 Å². The minimum atomic E-state index is -0.0438. The first kappa shape index (κ1) is 19.0. The first-order valence-electron chi connectivity index (χ1n) is 9.98. The van der Waals surface area contributed by atoms with Crippen molar-refractivity contribution in [2.45, 2.75) is 19.3 Å². The maximum Gasteiger partial charge on any atom is 0.276 e. The summed E-state index contributed by atoms with van der Waals surface area (Å²) in [5.74, 6) is 0.855. The third kappa shape index (κ3) is 4.24. The summed E-state index contributed by atoms with van der Waals surface area (Å²) in [5.41, 5.74) is 4.75. The van der Waals surface area contributed by atoms with Gasteiger partial charge in [0.2, 0.25) is 0 Å². The molecule has 1 aliphatic heterocycles. The maximum absolute atomic E-state index is 13.0. The number of carbonyl (C=O) groups excluding carboxylic acids is 1. The third-order valence-electron chi connectivity index (χ3n) is 5.25. The van der Waals surface area contributed by atoms with Crippen LogP contribution in [0.3, 0.4) is 0 Å². The molecule has 1 amide bonds. The van der Waals surface area contributed by atoms with Gasteiger partial charge in [0.1, 0.15) is 11.4 Å². The number of aryl methyl sites for hydroxylation is 1. The summed E-state index contributed by atoms with van der Waals surface area (Å²) in [6, 6.07) is 19.8. The van der Waals surface area contributed by atoms with Gasteiger partial charge in [-0.1, -0.05) is 36.4 Å². The van der Waals surface area contributed by atoms with Crippen LogP contribution in [-0.2, 0) is 12.8 Å². The van der Waals surface area contributed by atoms with Crippen LogP contribution in [-0.4, -0.2) is 31.1 Å². The number of hydrogen-bond donors (Lipinski definition) is 1. The van der Waals surface area contributed by atoms with E-state index in [2.05, 4.69) is 22.4 Å². The van der Waals surface area contributed by atoms with Crippen LogP contribution in [0.15, 0.2) is 66.9 Å². The van der Waals surface area contributed by atoms with E-state index in [1.807, 2.05) is 47.4 Å². The molecule has 2 heterocycles. The van der Waals surface area contributed by atoms with E-state index < -0.39 is 0 Å². The Hall–Kier alpha value is -3.34. The lowest BCUT2D eigenvalue weighted by Gasteiger charge is -2.29. The SMILES string of the molecule is COc1ccccc1CCNc1ccc(C(=O)N2CCCc3ccccc32)nc1. The fourth-order valence-corrected chi connectivity index (χ4v) is 3.76. The van der Waals surface area contributed by atoms with Gasteiger partial charge in [0, 0.05) is 18.8 Å². The second kappa shape index (κ2) is 8.78. The topological polar surface area (TPSA) is 54.5 Å². The summed E-state index contributed by atoms with van der Waals surface area (Å²) in [6.07, 6.45) is 4.56. The molecule has 0 unspecified atom stereocenters. The number of para-hydroxylation sites is 2. The lowest BCUT2D eigenvalue weighted by Crippen LogP contribution is -2.35. The molecule has 5 nitrogen and oxygen atoms in total. The molecule has 0 radical (unpaired) electrons. The van der Waals surface area contributed by atoms with E-state index >= 15 is 0 Å². The predicted molar refractivity (Wildman–Crippen MR) is 116 cm³/mol. The number of carbonyl (C=O) groups is 1. The number of hydrogen-bond acceptors (Lipinski definition) is 4. The number of amides is 1. The van der Waals surface area contributed by atoms with E-state index in [1.54, 1.807) is 19.4 Å². The highest BCUT2D eigenvalue weighted by molar-refractivity contribution is 6.05. The Kier molecular flexibility index (Phi) is 5.75. The summed E-state index contributed by atoms with van der Waals surface area (Å²) in [4.78, 5) is 19.2. The van der Waals surface area contributed by atoms with E-state index in [9.17, 15) is 4.79 Å². The second-order valence-corrected chi connectivity index (χ2v) is 7.11. The largest absolute Gasteiger partial charge is 0.496 e. The molecule has 1 aliphatic rings. The molecule has 2 aromatic carbocycles. The number of nitrogens with zero attached hydrogens (tertiary/aromatic N) is 2. The average molecular weight is 387 g/mol. The molecule has 0 fully saturated rings. The predicted octanol–water partition coefficient (Wildman–Crippen LogP) is 4.34. The van der Waals surface area contributed by atoms with Crippen LogP contribution in [0.25, 0.3) is 0 Å². The van der Waals surface area contributed by atoms with Gasteiger partial charge in [-0.25, -0.2) is 4.98 Å². The van der Waals surface area contributed by atoms with Crippen molar-refractivity contribution in [3.8, 4) is 5.75 Å². The standard InChI is InChI=1S/C24H25N3O2/c1-29-23-11-5-3-8-19(23)14-15-25-20-12-13-21(26-17-20)24(28)27-16-6-9-18-7-2-4-10-22(18)27/h2-5,7-8,10-13,17,25H,6,9,14-16H2,1H3. The molecular formula is C24H25N3O2. The average Bonchev–Trinajstić information content (AvgIpc) is 2.79. The maximum atomic E-state index is 13.0. The van der Waals surface area contributed by atoms with E-state index in [-0.39, 0.29) is 5.91 Å². The third-order valence-corrected chi connectivity index (χ3v) is 5.25. The molecule has 148 valence electrons. The van der Waals surface area contributed by atoms with Crippen molar-refractivity contribution in [2.24, 2.45) is 0 Å². The van der Waals surface area contributed by atoms with Crippen molar-refractivity contribution in [3.63, 3.8) is 0 Å². The second-order valence-electron chi connectivity index (χ2n) is 7.11. The number of anilines is 2. The van der Waals surface area contributed by atoms with Gasteiger partial charge in [-0.15, -0.1) is 0 Å². The van der Waals surface area contributed by atoms with E-state index in [4.69, 9.17) is 4.74 Å². The molecule has 0 atom stereocenters. The molecule has 4 rings (SSSR count). The number of nitrogens with one attached hydrogen (secondary N) is 1. The summed E-state index contributed by atoms with van der Waals surface area (Å²) < 4.78 is 5.39. The summed E-state index contributed by atoms with van der Waals surface area (Å²) >= 11 is 0. The van der Waals surface area contributed by atoms with Crippen LogP contribution in [0, 0.1) is 0 Å². The number of benzene rings is 2. The van der Waals surface area contributed by atoms with Crippen molar-refractivity contribution in [1.29, 1.82) is 0 Å². The summed E-state index contributed by atoms with van der Waals surface area (Å²) in [5, 5.41) is 3.36. The number of pyridine rings is 1. The number of fused-ring (bicyclic) bond motifs is 1. The number of rotatable bonds is 6. The van der Waals surface area contributed by atoms with Crippen LogP contribution in [0.5, 0.6) is 5.75 Å². The molecule has 0 aliphatic carbocycles. The normalized spacial score (nSPS) is 12.9. The highest BCUT2D eigenvalue weighted by atomic mass is 16.5. The Morgan fingerprint density at radius 2 is 1.93 bits per heavy atom. The Morgan fingerprint density at radius 1 is 1.10 bits per heavy atom. The first-order valence-corrected chi connectivity index (χ1v) is 9.98. The van der Waals surface area contributed by atoms with Crippen molar-refractivity contribution in [2.75, 3.05) is 30.4 Å². The lowest BCUT2D eigenvalue weighted by molar-refractivity contribution is 0.0980. The van der Waals surface area contributed by atoms with Gasteiger partial charge in [-0.3, -0.25) is 4.79 Å². The zero-order valence-electron chi connectivity index (χ0n) is 16.6. The van der Waals surface area contributed by atoms with Gasteiger partial charge in [0.25, 0.3) is 5.91 Å². The molecule has 1 aromatic heterocycles. The van der Waals surface area contributed by atoms with Crippen molar-refractivity contribution in [3.05, 3.63) is 83.7 Å². The highest BCUT2D eigenvalue weighted by Gasteiger charge is 2.23. The molecule has 5 heteroatoms. The lowest BCUT2D eigenvalue weighted by atomic mass is 10.0. The van der Waals surface area contributed by atoms with E-state index in [0.717, 1.165) is 55.0 Å². The molecular weight excluding hydrogens is 362 g/mol. The smallest absolute Gasteiger partial charge is 0.276 e. The van der Waals surface area contributed by atoms with Gasteiger partial charge < -0.3 is 15.0 Å². The monoisotopic (exact) mass is 387 g/mol. The zero-order chi connectivity index (χ0) is 20.1. The Labute approximate surface area is 171 Å².